The quantitative estimate of drug-likeness (QED) is 0.586. The highest BCUT2D eigenvalue weighted by Gasteiger charge is 2.45. The minimum atomic E-state index is -0.270. The lowest BCUT2D eigenvalue weighted by molar-refractivity contribution is -0.111. The van der Waals surface area contributed by atoms with Crippen LogP contribution < -0.4 is 0 Å². The molecule has 1 fully saturated rings. The molecular formula is C8H10N2O. The molecule has 0 atom stereocenters. The molecular weight excluding hydrogens is 140 g/mol. The molecule has 58 valence electrons. The normalized spacial score (nSPS) is 19.7. The van der Waals surface area contributed by atoms with E-state index in [0.29, 0.717) is 0 Å². The molecule has 0 saturated heterocycles. The van der Waals surface area contributed by atoms with Crippen molar-refractivity contribution in [3.8, 4) is 0 Å². The Morgan fingerprint density at radius 2 is 2.45 bits per heavy atom. The first kappa shape index (κ1) is 6.58. The summed E-state index contributed by atoms with van der Waals surface area (Å²) in [7, 11) is 0. The highest BCUT2D eigenvalue weighted by atomic mass is 16.1. The number of aryl methyl sites for hydroxylation is 1. The Hall–Kier alpha value is -1.12. The topological polar surface area (TPSA) is 34.9 Å². The van der Waals surface area contributed by atoms with Crippen molar-refractivity contribution in [3.63, 3.8) is 0 Å². The number of hydrogen-bond donors (Lipinski definition) is 0. The Balaban J connectivity index is 2.36. The highest BCUT2D eigenvalue weighted by molar-refractivity contribution is 5.65. The van der Waals surface area contributed by atoms with Gasteiger partial charge >= 0.3 is 0 Å². The van der Waals surface area contributed by atoms with Gasteiger partial charge in [-0.25, -0.2) is 0 Å². The lowest BCUT2D eigenvalue weighted by Gasteiger charge is -2.05. The fraction of sp³-hybridized carbons (Fsp3) is 0.500. The Morgan fingerprint density at radius 1 is 1.73 bits per heavy atom. The van der Waals surface area contributed by atoms with Gasteiger partial charge in [0.1, 0.15) is 11.8 Å². The van der Waals surface area contributed by atoms with Crippen LogP contribution in [0, 0.1) is 6.92 Å². The molecule has 1 aliphatic rings. The first-order chi connectivity index (χ1) is 5.27. The summed E-state index contributed by atoms with van der Waals surface area (Å²) in [6.45, 7) is 1.93. The third-order valence-corrected chi connectivity index (χ3v) is 2.16. The molecule has 0 aliphatic heterocycles. The minimum absolute atomic E-state index is 0.270. The second-order valence-electron chi connectivity index (χ2n) is 3.12. The lowest BCUT2D eigenvalue weighted by Crippen LogP contribution is -2.18. The van der Waals surface area contributed by atoms with Gasteiger partial charge in [0, 0.05) is 6.20 Å². The van der Waals surface area contributed by atoms with Crippen LogP contribution in [0.2, 0.25) is 0 Å². The van der Waals surface area contributed by atoms with E-state index in [1.807, 2.05) is 19.2 Å². The molecule has 3 heteroatoms. The average Bonchev–Trinajstić information content (AvgIpc) is 2.70. The summed E-state index contributed by atoms with van der Waals surface area (Å²) in [5.74, 6) is 0. The first-order valence-electron chi connectivity index (χ1n) is 3.76. The maximum Gasteiger partial charge on any atom is 0.147 e. The van der Waals surface area contributed by atoms with Crippen LogP contribution in [-0.2, 0) is 10.3 Å². The second-order valence-corrected chi connectivity index (χ2v) is 3.12. The van der Waals surface area contributed by atoms with E-state index in [4.69, 9.17) is 0 Å². The van der Waals surface area contributed by atoms with E-state index in [2.05, 4.69) is 5.10 Å². The number of aromatic nitrogens is 2. The monoisotopic (exact) mass is 150 g/mol. The SMILES string of the molecule is Cc1ccn(C2(C=O)CC2)n1. The van der Waals surface area contributed by atoms with Crippen molar-refractivity contribution in [2.45, 2.75) is 25.3 Å². The van der Waals surface area contributed by atoms with Gasteiger partial charge in [0.25, 0.3) is 0 Å². The molecule has 0 aromatic carbocycles. The smallest absolute Gasteiger partial charge is 0.147 e. The van der Waals surface area contributed by atoms with Gasteiger partial charge in [-0.1, -0.05) is 0 Å². The summed E-state index contributed by atoms with van der Waals surface area (Å²) in [6, 6.07) is 1.92. The van der Waals surface area contributed by atoms with Gasteiger partial charge in [0.2, 0.25) is 0 Å². The Labute approximate surface area is 65.0 Å². The van der Waals surface area contributed by atoms with Gasteiger partial charge in [-0.05, 0) is 25.8 Å². The fourth-order valence-corrected chi connectivity index (χ4v) is 1.19. The first-order valence-corrected chi connectivity index (χ1v) is 3.76. The summed E-state index contributed by atoms with van der Waals surface area (Å²) in [5.41, 5.74) is 0.701. The van der Waals surface area contributed by atoms with Crippen molar-refractivity contribution in [1.29, 1.82) is 0 Å². The van der Waals surface area contributed by atoms with Gasteiger partial charge in [-0.2, -0.15) is 5.10 Å². The van der Waals surface area contributed by atoms with E-state index in [1.165, 1.54) is 0 Å². The summed E-state index contributed by atoms with van der Waals surface area (Å²) >= 11 is 0. The Bertz CT molecular complexity index is 286. The predicted octanol–water partition coefficient (Wildman–Crippen LogP) is 0.880. The second kappa shape index (κ2) is 1.94. The molecule has 0 bridgehead atoms. The van der Waals surface area contributed by atoms with Crippen LogP contribution in [0.1, 0.15) is 18.5 Å². The molecule has 1 saturated carbocycles. The number of carbonyl (C=O) groups is 1. The van der Waals surface area contributed by atoms with Crippen molar-refractivity contribution in [2.75, 3.05) is 0 Å². The third-order valence-electron chi connectivity index (χ3n) is 2.16. The molecule has 1 aromatic heterocycles. The number of carbonyl (C=O) groups excluding carboxylic acids is 1. The van der Waals surface area contributed by atoms with Gasteiger partial charge in [-0.3, -0.25) is 4.68 Å². The molecule has 11 heavy (non-hydrogen) atoms. The van der Waals surface area contributed by atoms with Gasteiger partial charge in [-0.15, -0.1) is 0 Å². The molecule has 3 nitrogen and oxygen atoms in total. The maximum absolute atomic E-state index is 10.6. The van der Waals surface area contributed by atoms with Crippen molar-refractivity contribution in [1.82, 2.24) is 9.78 Å². The molecule has 2 rings (SSSR count). The molecule has 1 heterocycles. The largest absolute Gasteiger partial charge is 0.301 e. The van der Waals surface area contributed by atoms with E-state index in [9.17, 15) is 4.79 Å². The highest BCUT2D eigenvalue weighted by Crippen LogP contribution is 2.40. The van der Waals surface area contributed by atoms with Crippen molar-refractivity contribution >= 4 is 6.29 Å². The van der Waals surface area contributed by atoms with Gasteiger partial charge in [0.05, 0.1) is 5.69 Å². The van der Waals surface area contributed by atoms with Crippen LogP contribution in [0.25, 0.3) is 0 Å². The lowest BCUT2D eigenvalue weighted by atomic mass is 10.3. The summed E-state index contributed by atoms with van der Waals surface area (Å²) in [5, 5.41) is 4.20. The molecule has 1 aromatic rings. The summed E-state index contributed by atoms with van der Waals surface area (Å²) < 4.78 is 1.77. The van der Waals surface area contributed by atoms with E-state index in [0.717, 1.165) is 24.8 Å². The third kappa shape index (κ3) is 0.878. The molecule has 0 amide bonds. The van der Waals surface area contributed by atoms with Crippen LogP contribution in [0.4, 0.5) is 0 Å². The standard InChI is InChI=1S/C8H10N2O/c1-7-2-5-10(9-7)8(6-11)3-4-8/h2,5-6H,3-4H2,1H3. The van der Waals surface area contributed by atoms with E-state index in [-0.39, 0.29) is 5.54 Å². The zero-order valence-corrected chi connectivity index (χ0v) is 6.45. The van der Waals surface area contributed by atoms with Crippen LogP contribution in [0.5, 0.6) is 0 Å². The van der Waals surface area contributed by atoms with Crippen LogP contribution in [-0.4, -0.2) is 16.1 Å². The van der Waals surface area contributed by atoms with Crippen LogP contribution in [0.3, 0.4) is 0 Å². The summed E-state index contributed by atoms with van der Waals surface area (Å²) in [6.07, 6.45) is 4.76. The van der Waals surface area contributed by atoms with Crippen molar-refractivity contribution < 1.29 is 4.79 Å². The Kier molecular flexibility index (Phi) is 1.16. The fourth-order valence-electron chi connectivity index (χ4n) is 1.19. The van der Waals surface area contributed by atoms with Crippen molar-refractivity contribution in [3.05, 3.63) is 18.0 Å². The molecule has 0 spiro atoms. The minimum Gasteiger partial charge on any atom is -0.301 e. The van der Waals surface area contributed by atoms with Crippen LogP contribution in [0.15, 0.2) is 12.3 Å². The van der Waals surface area contributed by atoms with E-state index in [1.54, 1.807) is 4.68 Å². The number of aldehydes is 1. The van der Waals surface area contributed by atoms with Crippen molar-refractivity contribution in [2.24, 2.45) is 0 Å². The maximum atomic E-state index is 10.6. The van der Waals surface area contributed by atoms with E-state index < -0.39 is 0 Å². The van der Waals surface area contributed by atoms with Crippen LogP contribution >= 0.6 is 0 Å². The zero-order valence-electron chi connectivity index (χ0n) is 6.45. The van der Waals surface area contributed by atoms with E-state index >= 15 is 0 Å². The number of hydrogen-bond acceptors (Lipinski definition) is 2. The number of rotatable bonds is 2. The van der Waals surface area contributed by atoms with Gasteiger partial charge in [0.15, 0.2) is 0 Å². The molecule has 0 unspecified atom stereocenters. The molecule has 0 N–H and O–H groups in total. The predicted molar refractivity (Wildman–Crippen MR) is 40.2 cm³/mol. The average molecular weight is 150 g/mol. The molecule has 1 aliphatic carbocycles. The summed E-state index contributed by atoms with van der Waals surface area (Å²) in [4.78, 5) is 10.6. The number of nitrogens with zero attached hydrogens (tertiary/aromatic N) is 2. The zero-order chi connectivity index (χ0) is 7.90. The molecule has 0 radical (unpaired) electrons. The van der Waals surface area contributed by atoms with Gasteiger partial charge < -0.3 is 4.79 Å². The Morgan fingerprint density at radius 3 is 2.82 bits per heavy atom.